The van der Waals surface area contributed by atoms with Crippen molar-refractivity contribution in [1.82, 2.24) is 0 Å². The molecule has 0 fully saturated rings. The highest BCUT2D eigenvalue weighted by Crippen LogP contribution is 2.34. The molecule has 0 saturated carbocycles. The third-order valence-electron chi connectivity index (χ3n) is 2.57. The number of aliphatic carboxylic acids is 1. The summed E-state index contributed by atoms with van der Waals surface area (Å²) in [6.45, 7) is 2.17. The third-order valence-corrected chi connectivity index (χ3v) is 3.18. The standard InChI is InChI=1S/C14H15Cl2NO5/c1-2-22-12-7-11(9(15)6-10(12)16)17-13(19)5-8(18)3-4-14(20)21/h6-7H,2-5H2,1H3,(H,17,19)(H,20,21). The molecule has 0 spiro atoms. The monoisotopic (exact) mass is 347 g/mol. The van der Waals surface area contributed by atoms with Crippen LogP contribution in [0.5, 0.6) is 5.75 Å². The maximum atomic E-state index is 11.8. The quantitative estimate of drug-likeness (QED) is 0.704. The second-order valence-electron chi connectivity index (χ2n) is 4.35. The molecular weight excluding hydrogens is 333 g/mol. The molecule has 0 saturated heterocycles. The van der Waals surface area contributed by atoms with Gasteiger partial charge in [0.05, 0.1) is 35.2 Å². The van der Waals surface area contributed by atoms with Crippen LogP contribution in [0.3, 0.4) is 0 Å². The van der Waals surface area contributed by atoms with E-state index in [2.05, 4.69) is 5.32 Å². The molecule has 0 atom stereocenters. The molecule has 1 rings (SSSR count). The molecular formula is C14H15Cl2NO5. The van der Waals surface area contributed by atoms with Gasteiger partial charge in [-0.25, -0.2) is 0 Å². The Morgan fingerprint density at radius 2 is 1.86 bits per heavy atom. The van der Waals surface area contributed by atoms with Crippen molar-refractivity contribution in [2.45, 2.75) is 26.2 Å². The van der Waals surface area contributed by atoms with Crippen LogP contribution in [-0.2, 0) is 14.4 Å². The zero-order valence-corrected chi connectivity index (χ0v) is 13.3. The Hall–Kier alpha value is -1.79. The highest BCUT2D eigenvalue weighted by molar-refractivity contribution is 6.37. The Labute approximate surface area is 137 Å². The SMILES string of the molecule is CCOc1cc(NC(=O)CC(=O)CCC(=O)O)c(Cl)cc1Cl. The normalized spacial score (nSPS) is 10.1. The molecule has 2 N–H and O–H groups in total. The maximum Gasteiger partial charge on any atom is 0.303 e. The molecule has 120 valence electrons. The second kappa shape index (κ2) is 8.60. The van der Waals surface area contributed by atoms with Crippen LogP contribution in [0.15, 0.2) is 12.1 Å². The van der Waals surface area contributed by atoms with E-state index in [-0.39, 0.29) is 23.6 Å². The van der Waals surface area contributed by atoms with Gasteiger partial charge in [-0.1, -0.05) is 23.2 Å². The number of ketones is 1. The number of halogens is 2. The molecule has 0 unspecified atom stereocenters. The summed E-state index contributed by atoms with van der Waals surface area (Å²) >= 11 is 11.9. The highest BCUT2D eigenvalue weighted by atomic mass is 35.5. The Bertz CT molecular complexity index is 589. The van der Waals surface area contributed by atoms with Gasteiger partial charge in [-0.2, -0.15) is 0 Å². The summed E-state index contributed by atoms with van der Waals surface area (Å²) in [6.07, 6.45) is -0.917. The van der Waals surface area contributed by atoms with Crippen LogP contribution >= 0.6 is 23.2 Å². The van der Waals surface area contributed by atoms with Crippen LogP contribution in [0.4, 0.5) is 5.69 Å². The smallest absolute Gasteiger partial charge is 0.303 e. The summed E-state index contributed by atoms with van der Waals surface area (Å²) in [7, 11) is 0. The Kier molecular flexibility index (Phi) is 7.14. The molecule has 0 aliphatic rings. The number of benzene rings is 1. The van der Waals surface area contributed by atoms with E-state index >= 15 is 0 Å². The predicted octanol–water partition coefficient (Wildman–Crippen LogP) is 3.15. The van der Waals surface area contributed by atoms with E-state index in [1.54, 1.807) is 6.92 Å². The number of nitrogens with one attached hydrogen (secondary N) is 1. The summed E-state index contributed by atoms with van der Waals surface area (Å²) in [6, 6.07) is 2.89. The van der Waals surface area contributed by atoms with E-state index in [0.29, 0.717) is 17.4 Å². The van der Waals surface area contributed by atoms with Crippen LogP contribution in [-0.4, -0.2) is 29.4 Å². The number of ether oxygens (including phenoxy) is 1. The van der Waals surface area contributed by atoms with Crippen LogP contribution in [0.2, 0.25) is 10.0 Å². The summed E-state index contributed by atoms with van der Waals surface area (Å²) in [4.78, 5) is 33.6. The zero-order chi connectivity index (χ0) is 16.7. The van der Waals surface area contributed by atoms with Gasteiger partial charge < -0.3 is 15.2 Å². The fourth-order valence-corrected chi connectivity index (χ4v) is 2.08. The minimum atomic E-state index is -1.09. The zero-order valence-electron chi connectivity index (χ0n) is 11.8. The van der Waals surface area contributed by atoms with Crippen molar-refractivity contribution in [1.29, 1.82) is 0 Å². The number of carboxylic acid groups (broad SMARTS) is 1. The van der Waals surface area contributed by atoms with Crippen LogP contribution in [0.1, 0.15) is 26.2 Å². The van der Waals surface area contributed by atoms with Crippen LogP contribution in [0.25, 0.3) is 0 Å². The van der Waals surface area contributed by atoms with Gasteiger partial charge in [-0.3, -0.25) is 14.4 Å². The van der Waals surface area contributed by atoms with E-state index in [1.807, 2.05) is 0 Å². The summed E-state index contributed by atoms with van der Waals surface area (Å²) in [5.74, 6) is -1.77. The van der Waals surface area contributed by atoms with Crippen molar-refractivity contribution in [3.8, 4) is 5.75 Å². The van der Waals surface area contributed by atoms with Gasteiger partial charge in [-0.05, 0) is 13.0 Å². The number of carboxylic acids is 1. The minimum absolute atomic E-state index is 0.193. The summed E-state index contributed by atoms with van der Waals surface area (Å²) in [5.41, 5.74) is 0.269. The summed E-state index contributed by atoms with van der Waals surface area (Å²) < 4.78 is 5.29. The average molecular weight is 348 g/mol. The van der Waals surface area contributed by atoms with E-state index in [9.17, 15) is 14.4 Å². The topological polar surface area (TPSA) is 92.7 Å². The number of Topliss-reactive ketones (excluding diaryl/α,β-unsaturated/α-hetero) is 1. The van der Waals surface area contributed by atoms with Gasteiger partial charge in [0.1, 0.15) is 11.5 Å². The van der Waals surface area contributed by atoms with Crippen molar-refractivity contribution in [2.24, 2.45) is 0 Å². The molecule has 0 radical (unpaired) electrons. The molecule has 22 heavy (non-hydrogen) atoms. The Balaban J connectivity index is 2.69. The van der Waals surface area contributed by atoms with Crippen molar-refractivity contribution in [2.75, 3.05) is 11.9 Å². The first-order valence-electron chi connectivity index (χ1n) is 6.48. The van der Waals surface area contributed by atoms with Crippen LogP contribution < -0.4 is 10.1 Å². The Morgan fingerprint density at radius 1 is 1.18 bits per heavy atom. The lowest BCUT2D eigenvalue weighted by Gasteiger charge is -2.11. The van der Waals surface area contributed by atoms with Gasteiger partial charge in [-0.15, -0.1) is 0 Å². The molecule has 0 aliphatic carbocycles. The minimum Gasteiger partial charge on any atom is -0.492 e. The lowest BCUT2D eigenvalue weighted by molar-refractivity contribution is -0.139. The number of hydrogen-bond donors (Lipinski definition) is 2. The maximum absolute atomic E-state index is 11.8. The van der Waals surface area contributed by atoms with E-state index < -0.39 is 24.1 Å². The third kappa shape index (κ3) is 5.91. The van der Waals surface area contributed by atoms with Crippen LogP contribution in [0, 0.1) is 0 Å². The fraction of sp³-hybridized carbons (Fsp3) is 0.357. The number of hydrogen-bond acceptors (Lipinski definition) is 4. The van der Waals surface area contributed by atoms with Gasteiger partial charge in [0.25, 0.3) is 0 Å². The van der Waals surface area contributed by atoms with Crippen molar-refractivity contribution in [3.63, 3.8) is 0 Å². The highest BCUT2D eigenvalue weighted by Gasteiger charge is 2.14. The lowest BCUT2D eigenvalue weighted by Crippen LogP contribution is -2.17. The van der Waals surface area contributed by atoms with Crippen molar-refractivity contribution < 1.29 is 24.2 Å². The second-order valence-corrected chi connectivity index (χ2v) is 5.17. The molecule has 1 aromatic carbocycles. The molecule has 0 heterocycles. The van der Waals surface area contributed by atoms with E-state index in [1.165, 1.54) is 12.1 Å². The van der Waals surface area contributed by atoms with Crippen molar-refractivity contribution >= 4 is 46.5 Å². The first-order valence-corrected chi connectivity index (χ1v) is 7.24. The molecule has 1 aromatic rings. The number of carbonyl (C=O) groups is 3. The first-order chi connectivity index (χ1) is 10.3. The van der Waals surface area contributed by atoms with Gasteiger partial charge >= 0.3 is 5.97 Å². The molecule has 0 aliphatic heterocycles. The van der Waals surface area contributed by atoms with Gasteiger partial charge in [0.15, 0.2) is 0 Å². The lowest BCUT2D eigenvalue weighted by atomic mass is 10.1. The number of carbonyl (C=O) groups excluding carboxylic acids is 2. The fourth-order valence-electron chi connectivity index (χ4n) is 1.60. The molecule has 8 heteroatoms. The molecule has 6 nitrogen and oxygen atoms in total. The number of amides is 1. The van der Waals surface area contributed by atoms with E-state index in [4.69, 9.17) is 33.0 Å². The summed E-state index contributed by atoms with van der Waals surface area (Å²) in [5, 5.41) is 11.5. The first kappa shape index (κ1) is 18.3. The number of rotatable bonds is 8. The Morgan fingerprint density at radius 3 is 2.45 bits per heavy atom. The van der Waals surface area contributed by atoms with Gasteiger partial charge in [0, 0.05) is 12.5 Å². The molecule has 0 bridgehead atoms. The molecule has 0 aromatic heterocycles. The predicted molar refractivity (Wildman–Crippen MR) is 82.8 cm³/mol. The molecule has 1 amide bonds. The largest absolute Gasteiger partial charge is 0.492 e. The van der Waals surface area contributed by atoms with E-state index in [0.717, 1.165) is 0 Å². The van der Waals surface area contributed by atoms with Crippen molar-refractivity contribution in [3.05, 3.63) is 22.2 Å². The van der Waals surface area contributed by atoms with Gasteiger partial charge in [0.2, 0.25) is 5.91 Å². The number of anilines is 1. The average Bonchev–Trinajstić information content (AvgIpc) is 2.42.